The molecule has 0 radical (unpaired) electrons. The standard InChI is InChI=1S/C14H13N3O/c1-16-10-11-9-12(3-4-13(11)14(16)18)17-7-2-5-15-6-8-17/h2-9H,10H2,1H3. The van der Waals surface area contributed by atoms with E-state index in [-0.39, 0.29) is 5.91 Å². The Bertz CT molecular complexity index is 571. The van der Waals surface area contributed by atoms with E-state index in [9.17, 15) is 4.79 Å². The second-order valence-corrected chi connectivity index (χ2v) is 4.35. The molecular formula is C14H13N3O. The van der Waals surface area contributed by atoms with Crippen LogP contribution in [0.2, 0.25) is 0 Å². The molecule has 18 heavy (non-hydrogen) atoms. The third kappa shape index (κ3) is 1.72. The van der Waals surface area contributed by atoms with Gasteiger partial charge in [-0.05, 0) is 29.8 Å². The first-order valence-corrected chi connectivity index (χ1v) is 5.79. The molecule has 1 aromatic rings. The summed E-state index contributed by atoms with van der Waals surface area (Å²) in [6.07, 6.45) is 9.19. The van der Waals surface area contributed by atoms with Crippen molar-refractivity contribution in [2.24, 2.45) is 4.99 Å². The highest BCUT2D eigenvalue weighted by Crippen LogP contribution is 2.27. The van der Waals surface area contributed by atoms with Gasteiger partial charge in [0.15, 0.2) is 0 Å². The van der Waals surface area contributed by atoms with Crippen LogP contribution in [0.3, 0.4) is 0 Å². The first-order valence-electron chi connectivity index (χ1n) is 5.79. The molecule has 2 aliphatic heterocycles. The van der Waals surface area contributed by atoms with Gasteiger partial charge in [-0.2, -0.15) is 0 Å². The highest BCUT2D eigenvalue weighted by Gasteiger charge is 2.24. The largest absolute Gasteiger partial charge is 0.337 e. The van der Waals surface area contributed by atoms with Gasteiger partial charge in [0.05, 0.1) is 0 Å². The van der Waals surface area contributed by atoms with Crippen LogP contribution in [-0.2, 0) is 6.54 Å². The fourth-order valence-electron chi connectivity index (χ4n) is 2.18. The maximum Gasteiger partial charge on any atom is 0.254 e. The monoisotopic (exact) mass is 239 g/mol. The number of nitrogens with zero attached hydrogens (tertiary/aromatic N) is 3. The Morgan fingerprint density at radius 2 is 2.17 bits per heavy atom. The Hall–Kier alpha value is -2.36. The van der Waals surface area contributed by atoms with Crippen molar-refractivity contribution in [1.29, 1.82) is 0 Å². The van der Waals surface area contributed by atoms with Crippen LogP contribution < -0.4 is 4.90 Å². The molecule has 1 amide bonds. The Morgan fingerprint density at radius 3 is 3.06 bits per heavy atom. The van der Waals surface area contributed by atoms with Gasteiger partial charge >= 0.3 is 0 Å². The van der Waals surface area contributed by atoms with E-state index < -0.39 is 0 Å². The van der Waals surface area contributed by atoms with Gasteiger partial charge in [-0.25, -0.2) is 0 Å². The lowest BCUT2D eigenvalue weighted by molar-refractivity contribution is 0.0816. The molecular weight excluding hydrogens is 226 g/mol. The molecule has 0 saturated carbocycles. The van der Waals surface area contributed by atoms with E-state index in [1.807, 2.05) is 42.6 Å². The first-order chi connectivity index (χ1) is 8.75. The molecule has 0 saturated heterocycles. The van der Waals surface area contributed by atoms with Crippen LogP contribution in [0.4, 0.5) is 5.69 Å². The smallest absolute Gasteiger partial charge is 0.254 e. The van der Waals surface area contributed by atoms with Gasteiger partial charge in [-0.3, -0.25) is 9.79 Å². The van der Waals surface area contributed by atoms with Gasteiger partial charge in [-0.15, -0.1) is 0 Å². The number of hydrogen-bond donors (Lipinski definition) is 0. The van der Waals surface area contributed by atoms with Crippen molar-refractivity contribution in [3.8, 4) is 0 Å². The highest BCUT2D eigenvalue weighted by molar-refractivity contribution is 5.98. The normalized spacial score (nSPS) is 17.3. The summed E-state index contributed by atoms with van der Waals surface area (Å²) < 4.78 is 0. The summed E-state index contributed by atoms with van der Waals surface area (Å²) in [6, 6.07) is 5.90. The van der Waals surface area contributed by atoms with Crippen LogP contribution in [0.1, 0.15) is 15.9 Å². The number of rotatable bonds is 1. The topological polar surface area (TPSA) is 35.9 Å². The van der Waals surface area contributed by atoms with Crippen LogP contribution in [0.25, 0.3) is 0 Å². The number of amides is 1. The highest BCUT2D eigenvalue weighted by atomic mass is 16.2. The van der Waals surface area contributed by atoms with Gasteiger partial charge in [-0.1, -0.05) is 0 Å². The predicted octanol–water partition coefficient (Wildman–Crippen LogP) is 2.15. The Morgan fingerprint density at radius 1 is 1.28 bits per heavy atom. The molecule has 90 valence electrons. The number of allylic oxidation sites excluding steroid dienone is 1. The minimum absolute atomic E-state index is 0.0989. The SMILES string of the molecule is CN1Cc2cc(N3C=CC=NC=C3)ccc2C1=O. The molecule has 2 aliphatic rings. The number of anilines is 1. The molecule has 0 atom stereocenters. The summed E-state index contributed by atoms with van der Waals surface area (Å²) >= 11 is 0. The molecule has 4 heteroatoms. The molecule has 0 fully saturated rings. The van der Waals surface area contributed by atoms with Crippen molar-refractivity contribution in [2.45, 2.75) is 6.54 Å². The van der Waals surface area contributed by atoms with Crippen LogP contribution in [0, 0.1) is 0 Å². The number of benzene rings is 1. The molecule has 0 aliphatic carbocycles. The predicted molar refractivity (Wildman–Crippen MR) is 71.5 cm³/mol. The van der Waals surface area contributed by atoms with Crippen LogP contribution >= 0.6 is 0 Å². The van der Waals surface area contributed by atoms with Crippen LogP contribution in [0.15, 0.2) is 47.9 Å². The van der Waals surface area contributed by atoms with Crippen molar-refractivity contribution in [3.63, 3.8) is 0 Å². The molecule has 0 bridgehead atoms. The molecule has 4 nitrogen and oxygen atoms in total. The number of carbonyl (C=O) groups is 1. The summed E-state index contributed by atoms with van der Waals surface area (Å²) in [5.74, 6) is 0.0989. The van der Waals surface area contributed by atoms with E-state index in [2.05, 4.69) is 11.1 Å². The maximum atomic E-state index is 11.8. The number of carbonyl (C=O) groups excluding carboxylic acids is 1. The van der Waals surface area contributed by atoms with Crippen molar-refractivity contribution in [3.05, 3.63) is 54.0 Å². The lowest BCUT2D eigenvalue weighted by atomic mass is 10.1. The Kier molecular flexibility index (Phi) is 2.48. The Balaban J connectivity index is 1.97. The summed E-state index contributed by atoms with van der Waals surface area (Å²) in [7, 11) is 1.82. The molecule has 0 N–H and O–H groups in total. The quantitative estimate of drug-likeness (QED) is 0.752. The zero-order valence-electron chi connectivity index (χ0n) is 10.1. The van der Waals surface area contributed by atoms with Crippen molar-refractivity contribution < 1.29 is 4.79 Å². The minimum Gasteiger partial charge on any atom is -0.337 e. The van der Waals surface area contributed by atoms with Crippen molar-refractivity contribution >= 4 is 17.8 Å². The van der Waals surface area contributed by atoms with Gasteiger partial charge in [0.1, 0.15) is 0 Å². The summed E-state index contributed by atoms with van der Waals surface area (Å²) in [5.41, 5.74) is 2.92. The second kappa shape index (κ2) is 4.14. The fraction of sp³-hybridized carbons (Fsp3) is 0.143. The van der Waals surface area contributed by atoms with Crippen LogP contribution in [0.5, 0.6) is 0 Å². The lowest BCUT2D eigenvalue weighted by Crippen LogP contribution is -2.17. The number of hydrogen-bond acceptors (Lipinski definition) is 3. The fourth-order valence-corrected chi connectivity index (χ4v) is 2.18. The molecule has 0 aromatic heterocycles. The van der Waals surface area contributed by atoms with E-state index in [1.54, 1.807) is 17.3 Å². The third-order valence-electron chi connectivity index (χ3n) is 3.10. The minimum atomic E-state index is 0.0989. The van der Waals surface area contributed by atoms with E-state index >= 15 is 0 Å². The van der Waals surface area contributed by atoms with Crippen LogP contribution in [-0.4, -0.2) is 24.1 Å². The van der Waals surface area contributed by atoms with Crippen molar-refractivity contribution in [1.82, 2.24) is 4.90 Å². The summed E-state index contributed by atoms with van der Waals surface area (Å²) in [4.78, 5) is 19.6. The molecule has 3 rings (SSSR count). The Labute approximate surface area is 106 Å². The third-order valence-corrected chi connectivity index (χ3v) is 3.10. The lowest BCUT2D eigenvalue weighted by Gasteiger charge is -2.15. The van der Waals surface area contributed by atoms with Crippen molar-refractivity contribution in [2.75, 3.05) is 11.9 Å². The van der Waals surface area contributed by atoms with Gasteiger partial charge in [0, 0.05) is 49.7 Å². The molecule has 2 heterocycles. The zero-order valence-corrected chi connectivity index (χ0v) is 10.1. The summed E-state index contributed by atoms with van der Waals surface area (Å²) in [5, 5.41) is 0. The maximum absolute atomic E-state index is 11.8. The summed E-state index contributed by atoms with van der Waals surface area (Å²) in [6.45, 7) is 0.680. The van der Waals surface area contributed by atoms with E-state index in [1.165, 1.54) is 0 Å². The van der Waals surface area contributed by atoms with Gasteiger partial charge in [0.2, 0.25) is 0 Å². The van der Waals surface area contributed by atoms with Gasteiger partial charge < -0.3 is 9.80 Å². The van der Waals surface area contributed by atoms with Gasteiger partial charge in [0.25, 0.3) is 5.91 Å². The number of fused-ring (bicyclic) bond motifs is 1. The zero-order chi connectivity index (χ0) is 12.5. The number of aliphatic imine (C=N–C) groups is 1. The molecule has 0 unspecified atom stereocenters. The molecule has 1 aromatic carbocycles. The average Bonchev–Trinajstić information content (AvgIpc) is 2.61. The van der Waals surface area contributed by atoms with E-state index in [0.29, 0.717) is 6.54 Å². The first kappa shape index (κ1) is 10.8. The van der Waals surface area contributed by atoms with E-state index in [4.69, 9.17) is 0 Å². The average molecular weight is 239 g/mol. The second-order valence-electron chi connectivity index (χ2n) is 4.35. The van der Waals surface area contributed by atoms with E-state index in [0.717, 1.165) is 16.8 Å². The molecule has 0 spiro atoms.